The highest BCUT2D eigenvalue weighted by Crippen LogP contribution is 2.20. The summed E-state index contributed by atoms with van der Waals surface area (Å²) in [6, 6.07) is 1.89. The van der Waals surface area contributed by atoms with E-state index in [9.17, 15) is 4.79 Å². The van der Waals surface area contributed by atoms with Crippen molar-refractivity contribution in [3.8, 4) is 0 Å². The Morgan fingerprint density at radius 2 is 2.25 bits per heavy atom. The molecular formula is C14H20N4OS. The Bertz CT molecular complexity index is 588. The summed E-state index contributed by atoms with van der Waals surface area (Å²) < 4.78 is 1.79. The van der Waals surface area contributed by atoms with Gasteiger partial charge in [0.25, 0.3) is 5.91 Å². The van der Waals surface area contributed by atoms with Crippen LogP contribution in [0.5, 0.6) is 0 Å². The monoisotopic (exact) mass is 292 g/mol. The number of hydrogen-bond donors (Lipinski definition) is 1. The van der Waals surface area contributed by atoms with E-state index in [1.165, 1.54) is 11.3 Å². The number of rotatable bonds is 5. The smallest absolute Gasteiger partial charge is 0.280 e. The maximum atomic E-state index is 12.3. The van der Waals surface area contributed by atoms with Gasteiger partial charge in [0.2, 0.25) is 0 Å². The first kappa shape index (κ1) is 14.7. The fourth-order valence-corrected chi connectivity index (χ4v) is 2.87. The number of nitrogens with zero attached hydrogens (tertiary/aromatic N) is 3. The van der Waals surface area contributed by atoms with Gasteiger partial charge in [-0.15, -0.1) is 11.3 Å². The van der Waals surface area contributed by atoms with Gasteiger partial charge in [0.1, 0.15) is 0 Å². The average molecular weight is 292 g/mol. The number of nitrogens with one attached hydrogen (secondary N) is 1. The normalized spacial score (nSPS) is 12.7. The summed E-state index contributed by atoms with van der Waals surface area (Å²) in [6.07, 6.45) is 2.55. The van der Waals surface area contributed by atoms with Gasteiger partial charge in [0, 0.05) is 18.6 Å². The second kappa shape index (κ2) is 6.17. The third-order valence-electron chi connectivity index (χ3n) is 3.24. The fraction of sp³-hybridized carbons (Fsp3) is 0.500. The lowest BCUT2D eigenvalue weighted by atomic mass is 10.1. The highest BCUT2D eigenvalue weighted by Gasteiger charge is 2.19. The number of carbonyl (C=O) groups excluding carboxylic acids is 1. The molecule has 0 saturated heterocycles. The molecule has 0 aliphatic carbocycles. The highest BCUT2D eigenvalue weighted by atomic mass is 32.1. The van der Waals surface area contributed by atoms with Crippen molar-refractivity contribution >= 4 is 17.2 Å². The number of thiazole rings is 1. The molecule has 0 aliphatic rings. The average Bonchev–Trinajstić information content (AvgIpc) is 3.04. The van der Waals surface area contributed by atoms with Crippen LogP contribution in [-0.4, -0.2) is 20.7 Å². The Balaban J connectivity index is 2.11. The zero-order chi connectivity index (χ0) is 14.7. The first-order valence-corrected chi connectivity index (χ1v) is 7.65. The molecule has 1 amide bonds. The van der Waals surface area contributed by atoms with Crippen molar-refractivity contribution in [2.24, 2.45) is 7.05 Å². The van der Waals surface area contributed by atoms with Crippen LogP contribution in [0.4, 0.5) is 0 Å². The lowest BCUT2D eigenvalue weighted by Crippen LogP contribution is -2.29. The molecule has 0 spiro atoms. The van der Waals surface area contributed by atoms with Gasteiger partial charge in [-0.3, -0.25) is 9.48 Å². The Morgan fingerprint density at radius 1 is 1.50 bits per heavy atom. The predicted octanol–water partition coefficient (Wildman–Crippen LogP) is 2.88. The second-order valence-electron chi connectivity index (χ2n) is 5.05. The Morgan fingerprint density at radius 3 is 2.75 bits per heavy atom. The van der Waals surface area contributed by atoms with Crippen molar-refractivity contribution in [2.45, 2.75) is 39.2 Å². The van der Waals surface area contributed by atoms with Gasteiger partial charge in [-0.05, 0) is 18.4 Å². The summed E-state index contributed by atoms with van der Waals surface area (Å²) in [5, 5.41) is 9.64. The SMILES string of the molecule is CCC(NC(=O)c1nc(C(C)C)cs1)c1ccnn1C. The largest absolute Gasteiger partial charge is 0.342 e. The maximum absolute atomic E-state index is 12.3. The van der Waals surface area contributed by atoms with E-state index in [1.807, 2.05) is 25.4 Å². The molecule has 2 aromatic rings. The quantitative estimate of drug-likeness (QED) is 0.921. The topological polar surface area (TPSA) is 59.8 Å². The van der Waals surface area contributed by atoms with Crippen molar-refractivity contribution in [1.29, 1.82) is 0 Å². The molecule has 1 N–H and O–H groups in total. The number of aromatic nitrogens is 3. The van der Waals surface area contributed by atoms with Gasteiger partial charge in [0.05, 0.1) is 17.4 Å². The summed E-state index contributed by atoms with van der Waals surface area (Å²) in [5.41, 5.74) is 1.97. The molecule has 2 rings (SSSR count). The molecule has 20 heavy (non-hydrogen) atoms. The van der Waals surface area contributed by atoms with E-state index in [0.29, 0.717) is 10.9 Å². The second-order valence-corrected chi connectivity index (χ2v) is 5.90. The fourth-order valence-electron chi connectivity index (χ4n) is 1.99. The summed E-state index contributed by atoms with van der Waals surface area (Å²) >= 11 is 1.39. The van der Waals surface area contributed by atoms with Gasteiger partial charge >= 0.3 is 0 Å². The van der Waals surface area contributed by atoms with Gasteiger partial charge in [-0.2, -0.15) is 5.10 Å². The molecule has 0 aliphatic heterocycles. The molecule has 0 fully saturated rings. The minimum Gasteiger partial charge on any atom is -0.342 e. The minimum atomic E-state index is -0.116. The number of carbonyl (C=O) groups is 1. The summed E-state index contributed by atoms with van der Waals surface area (Å²) in [7, 11) is 1.88. The van der Waals surface area contributed by atoms with E-state index in [2.05, 4.69) is 29.2 Å². The Hall–Kier alpha value is -1.69. The van der Waals surface area contributed by atoms with E-state index >= 15 is 0 Å². The molecule has 0 saturated carbocycles. The number of hydrogen-bond acceptors (Lipinski definition) is 4. The zero-order valence-electron chi connectivity index (χ0n) is 12.3. The molecular weight excluding hydrogens is 272 g/mol. The predicted molar refractivity (Wildman–Crippen MR) is 79.9 cm³/mol. The zero-order valence-corrected chi connectivity index (χ0v) is 13.1. The van der Waals surface area contributed by atoms with E-state index in [-0.39, 0.29) is 11.9 Å². The maximum Gasteiger partial charge on any atom is 0.280 e. The first-order chi connectivity index (χ1) is 9.52. The molecule has 2 aromatic heterocycles. The van der Waals surface area contributed by atoms with E-state index in [4.69, 9.17) is 0 Å². The van der Waals surface area contributed by atoms with Gasteiger partial charge in [-0.25, -0.2) is 4.98 Å². The highest BCUT2D eigenvalue weighted by molar-refractivity contribution is 7.11. The molecule has 0 aromatic carbocycles. The number of amides is 1. The van der Waals surface area contributed by atoms with E-state index < -0.39 is 0 Å². The number of aryl methyl sites for hydroxylation is 1. The molecule has 0 radical (unpaired) electrons. The standard InChI is InChI=1S/C14H20N4OS/c1-5-10(12-6-7-15-18(12)4)16-13(19)14-17-11(8-20-14)9(2)3/h6-10H,5H2,1-4H3,(H,16,19). The van der Waals surface area contributed by atoms with Crippen LogP contribution in [0.25, 0.3) is 0 Å². The van der Waals surface area contributed by atoms with Crippen LogP contribution in [0.15, 0.2) is 17.6 Å². The molecule has 1 unspecified atom stereocenters. The third kappa shape index (κ3) is 3.07. The Labute approximate surface area is 123 Å². The minimum absolute atomic E-state index is 0.0404. The van der Waals surface area contributed by atoms with Crippen LogP contribution in [0.2, 0.25) is 0 Å². The lowest BCUT2D eigenvalue weighted by Gasteiger charge is -2.16. The van der Waals surface area contributed by atoms with Crippen molar-refractivity contribution in [3.05, 3.63) is 34.0 Å². The van der Waals surface area contributed by atoms with Crippen LogP contribution in [0.1, 0.15) is 60.3 Å². The lowest BCUT2D eigenvalue weighted by molar-refractivity contribution is 0.0933. The molecule has 5 nitrogen and oxygen atoms in total. The summed E-state index contributed by atoms with van der Waals surface area (Å²) in [4.78, 5) is 16.6. The third-order valence-corrected chi connectivity index (χ3v) is 4.10. The van der Waals surface area contributed by atoms with Crippen molar-refractivity contribution in [3.63, 3.8) is 0 Å². The Kier molecular flexibility index (Phi) is 4.54. The van der Waals surface area contributed by atoms with Gasteiger partial charge < -0.3 is 5.32 Å². The van der Waals surface area contributed by atoms with Crippen LogP contribution in [0, 0.1) is 0 Å². The van der Waals surface area contributed by atoms with Crippen LogP contribution < -0.4 is 5.32 Å². The van der Waals surface area contributed by atoms with E-state index in [0.717, 1.165) is 17.8 Å². The molecule has 1 atom stereocenters. The van der Waals surface area contributed by atoms with Gasteiger partial charge in [-0.1, -0.05) is 20.8 Å². The van der Waals surface area contributed by atoms with Gasteiger partial charge in [0.15, 0.2) is 5.01 Å². The van der Waals surface area contributed by atoms with Crippen molar-refractivity contribution < 1.29 is 4.79 Å². The van der Waals surface area contributed by atoms with Crippen molar-refractivity contribution in [1.82, 2.24) is 20.1 Å². The molecule has 0 bridgehead atoms. The summed E-state index contributed by atoms with van der Waals surface area (Å²) in [5.74, 6) is 0.224. The van der Waals surface area contributed by atoms with Crippen LogP contribution >= 0.6 is 11.3 Å². The summed E-state index contributed by atoms with van der Waals surface area (Å²) in [6.45, 7) is 6.18. The first-order valence-electron chi connectivity index (χ1n) is 6.77. The van der Waals surface area contributed by atoms with Crippen LogP contribution in [-0.2, 0) is 7.05 Å². The van der Waals surface area contributed by atoms with Crippen molar-refractivity contribution in [2.75, 3.05) is 0 Å². The molecule has 2 heterocycles. The molecule has 6 heteroatoms. The van der Waals surface area contributed by atoms with E-state index in [1.54, 1.807) is 10.9 Å². The molecule has 108 valence electrons. The van der Waals surface area contributed by atoms with Crippen LogP contribution in [0.3, 0.4) is 0 Å².